The monoisotopic (exact) mass is 853 g/mol. The van der Waals surface area contributed by atoms with E-state index in [4.69, 9.17) is 4.42 Å². The number of para-hydroxylation sites is 3. The lowest BCUT2D eigenvalue weighted by atomic mass is 9.60. The number of anilines is 5. The molecular weight excluding hydrogens is 808 g/mol. The largest absolute Gasteiger partial charge is 0.456 e. The lowest BCUT2D eigenvalue weighted by Gasteiger charge is -2.43. The van der Waals surface area contributed by atoms with Gasteiger partial charge in [0.05, 0.1) is 16.8 Å². The van der Waals surface area contributed by atoms with Gasteiger partial charge in [0.15, 0.2) is 0 Å². The molecule has 3 nitrogen and oxygen atoms in total. The van der Waals surface area contributed by atoms with Gasteiger partial charge in [0.25, 0.3) is 0 Å². The molecule has 14 rings (SSSR count). The summed E-state index contributed by atoms with van der Waals surface area (Å²) in [6, 6.07) is 59.1. The minimum absolute atomic E-state index is 0.0456. The molecule has 1 radical (unpaired) electrons. The molecule has 4 heterocycles. The standard InChI is InChI=1S/C60H46BN2OS/c1-34-31-44-45(59(4,5)30-29-58(44,2)3)32-47(34)63-48-33-50-52(37-19-8-14-27-49(37)64-50)53(54(48)61-57-56(63)38-20-9-15-28-51(38)65-57)39-21-16-25-43-55(39)62-46-26-13-12-24-42(46)60(43)40-22-10-6-17-35(40)36-18-7-11-23-41(36)60/h6-28,31-33,62H,29-30H2,1-5H3. The van der Waals surface area contributed by atoms with E-state index in [-0.39, 0.29) is 10.8 Å². The Kier molecular flexibility index (Phi) is 7.47. The zero-order valence-electron chi connectivity index (χ0n) is 37.3. The molecule has 0 amide bonds. The molecule has 2 aromatic heterocycles. The van der Waals surface area contributed by atoms with Crippen molar-refractivity contribution < 1.29 is 4.42 Å². The molecule has 8 aromatic carbocycles. The number of fused-ring (bicyclic) bond motifs is 17. The Morgan fingerprint density at radius 1 is 0.569 bits per heavy atom. The first-order valence-corrected chi connectivity index (χ1v) is 24.0. The lowest BCUT2D eigenvalue weighted by Crippen LogP contribution is -2.40. The van der Waals surface area contributed by atoms with Crippen LogP contribution in [0.5, 0.6) is 0 Å². The number of nitrogens with one attached hydrogen (secondary N) is 1. The van der Waals surface area contributed by atoms with Crippen LogP contribution in [0.1, 0.15) is 79.5 Å². The Labute approximate surface area is 384 Å². The quantitative estimate of drug-likeness (QED) is 0.176. The van der Waals surface area contributed by atoms with Gasteiger partial charge in [-0.3, -0.25) is 0 Å². The number of benzene rings is 8. The first kappa shape index (κ1) is 37.5. The molecule has 65 heavy (non-hydrogen) atoms. The van der Waals surface area contributed by atoms with Crippen LogP contribution in [-0.4, -0.2) is 7.28 Å². The first-order chi connectivity index (χ1) is 31.6. The van der Waals surface area contributed by atoms with Gasteiger partial charge in [-0.25, -0.2) is 0 Å². The van der Waals surface area contributed by atoms with Gasteiger partial charge < -0.3 is 14.6 Å². The van der Waals surface area contributed by atoms with Gasteiger partial charge in [-0.15, -0.1) is 11.3 Å². The molecule has 0 bridgehead atoms. The molecule has 0 unspecified atom stereocenters. The van der Waals surface area contributed by atoms with Crippen LogP contribution in [0.4, 0.5) is 28.4 Å². The number of hydrogen-bond acceptors (Lipinski definition) is 4. The van der Waals surface area contributed by atoms with Crippen molar-refractivity contribution in [3.8, 4) is 22.3 Å². The van der Waals surface area contributed by atoms with E-state index in [1.807, 2.05) is 11.3 Å². The normalized spacial score (nSPS) is 16.5. The Bertz CT molecular complexity index is 3670. The van der Waals surface area contributed by atoms with Crippen LogP contribution in [0, 0.1) is 6.92 Å². The number of aryl methyl sites for hydroxylation is 1. The topological polar surface area (TPSA) is 28.4 Å². The van der Waals surface area contributed by atoms with E-state index < -0.39 is 5.41 Å². The minimum atomic E-state index is -0.526. The SMILES string of the molecule is Cc1cc2c(cc1N1c3cc4oc5ccccc5c4c(-c4cccc5c4Nc4ccccc4C54c5ccccc5-c5ccccc54)c3[B]c3sc4ccccc4c31)C(C)(C)CCC2(C)C. The second-order valence-electron chi connectivity index (χ2n) is 20.1. The number of thiophene rings is 1. The first-order valence-electron chi connectivity index (χ1n) is 23.1. The van der Waals surface area contributed by atoms with E-state index >= 15 is 0 Å². The van der Waals surface area contributed by atoms with E-state index in [1.165, 1.54) is 93.8 Å². The summed E-state index contributed by atoms with van der Waals surface area (Å²) in [5.41, 5.74) is 22.8. The Morgan fingerprint density at radius 2 is 1.18 bits per heavy atom. The van der Waals surface area contributed by atoms with Crippen LogP contribution in [-0.2, 0) is 16.2 Å². The fraction of sp³-hybridized carbons (Fsp3) is 0.167. The summed E-state index contributed by atoms with van der Waals surface area (Å²) < 4.78 is 9.58. The number of furan rings is 1. The maximum absolute atomic E-state index is 7.03. The predicted octanol–water partition coefficient (Wildman–Crippen LogP) is 15.0. The molecule has 5 heteroatoms. The molecule has 0 saturated carbocycles. The molecule has 10 aromatic rings. The Morgan fingerprint density at radius 3 is 1.95 bits per heavy atom. The second-order valence-corrected chi connectivity index (χ2v) is 21.2. The van der Waals surface area contributed by atoms with Gasteiger partial charge in [-0.05, 0) is 121 Å². The van der Waals surface area contributed by atoms with Gasteiger partial charge in [0.1, 0.15) is 11.2 Å². The third-order valence-corrected chi connectivity index (χ3v) is 16.8. The second kappa shape index (κ2) is 12.9. The highest BCUT2D eigenvalue weighted by Crippen LogP contribution is 2.62. The smallest absolute Gasteiger partial charge is 0.211 e. The average Bonchev–Trinajstić information content (AvgIpc) is 3.98. The van der Waals surface area contributed by atoms with Crippen LogP contribution in [0.3, 0.4) is 0 Å². The average molecular weight is 854 g/mol. The van der Waals surface area contributed by atoms with Crippen molar-refractivity contribution in [3.05, 3.63) is 197 Å². The molecule has 1 N–H and O–H groups in total. The number of hydrogen-bond donors (Lipinski definition) is 1. The minimum Gasteiger partial charge on any atom is -0.456 e. The third kappa shape index (κ3) is 4.87. The summed E-state index contributed by atoms with van der Waals surface area (Å²) in [6.45, 7) is 12.1. The van der Waals surface area contributed by atoms with Crippen molar-refractivity contribution in [2.45, 2.75) is 63.7 Å². The van der Waals surface area contributed by atoms with Crippen molar-refractivity contribution in [2.75, 3.05) is 10.2 Å². The van der Waals surface area contributed by atoms with Crippen LogP contribution >= 0.6 is 11.3 Å². The fourth-order valence-electron chi connectivity index (χ4n) is 12.6. The van der Waals surface area contributed by atoms with Crippen molar-refractivity contribution >= 4 is 89.3 Å². The fourth-order valence-corrected chi connectivity index (χ4v) is 13.7. The lowest BCUT2D eigenvalue weighted by molar-refractivity contribution is 0.332. The summed E-state index contributed by atoms with van der Waals surface area (Å²) in [6.07, 6.45) is 2.33. The van der Waals surface area contributed by atoms with Gasteiger partial charge in [0, 0.05) is 49.6 Å². The number of rotatable bonds is 2. The molecule has 0 saturated heterocycles. The number of nitrogens with zero attached hydrogens (tertiary/aromatic N) is 1. The van der Waals surface area contributed by atoms with Crippen LogP contribution in [0.2, 0.25) is 0 Å². The summed E-state index contributed by atoms with van der Waals surface area (Å²) >= 11 is 1.89. The van der Waals surface area contributed by atoms with Crippen LogP contribution in [0.15, 0.2) is 162 Å². The molecule has 2 aliphatic heterocycles. The van der Waals surface area contributed by atoms with Crippen LogP contribution < -0.4 is 20.5 Å². The maximum Gasteiger partial charge on any atom is 0.211 e. The summed E-state index contributed by atoms with van der Waals surface area (Å²) in [4.78, 5) is 2.61. The maximum atomic E-state index is 7.03. The summed E-state index contributed by atoms with van der Waals surface area (Å²) in [5.74, 6) is 0. The van der Waals surface area contributed by atoms with Gasteiger partial charge in [0.2, 0.25) is 7.28 Å². The molecule has 1 spiro atoms. The van der Waals surface area contributed by atoms with Crippen molar-refractivity contribution in [2.24, 2.45) is 0 Å². The molecular formula is C60H46BN2OS. The molecule has 2 aliphatic carbocycles. The summed E-state index contributed by atoms with van der Waals surface area (Å²) in [5, 5.41) is 7.65. The molecule has 0 atom stereocenters. The van der Waals surface area contributed by atoms with Gasteiger partial charge in [-0.2, -0.15) is 0 Å². The third-order valence-electron chi connectivity index (χ3n) is 15.7. The van der Waals surface area contributed by atoms with Crippen molar-refractivity contribution in [1.82, 2.24) is 0 Å². The summed E-state index contributed by atoms with van der Waals surface area (Å²) in [7, 11) is 2.50. The van der Waals surface area contributed by atoms with E-state index in [0.717, 1.165) is 51.0 Å². The Hall–Kier alpha value is -6.82. The van der Waals surface area contributed by atoms with E-state index in [1.54, 1.807) is 0 Å². The molecule has 4 aliphatic rings. The van der Waals surface area contributed by atoms with Crippen molar-refractivity contribution in [3.63, 3.8) is 0 Å². The highest BCUT2D eigenvalue weighted by atomic mass is 32.1. The highest BCUT2D eigenvalue weighted by Gasteiger charge is 2.51. The van der Waals surface area contributed by atoms with Crippen LogP contribution in [0.25, 0.3) is 54.3 Å². The highest BCUT2D eigenvalue weighted by molar-refractivity contribution is 7.29. The molecule has 311 valence electrons. The van der Waals surface area contributed by atoms with E-state index in [9.17, 15) is 0 Å². The predicted molar refractivity (Wildman–Crippen MR) is 275 cm³/mol. The zero-order valence-corrected chi connectivity index (χ0v) is 38.1. The van der Waals surface area contributed by atoms with Gasteiger partial charge >= 0.3 is 0 Å². The zero-order chi connectivity index (χ0) is 43.6. The Balaban J connectivity index is 1.12. The van der Waals surface area contributed by atoms with Crippen molar-refractivity contribution in [1.29, 1.82) is 0 Å². The van der Waals surface area contributed by atoms with E-state index in [2.05, 4.69) is 210 Å². The molecule has 0 fully saturated rings. The van der Waals surface area contributed by atoms with E-state index in [0.29, 0.717) is 0 Å². The van der Waals surface area contributed by atoms with Gasteiger partial charge in [-0.1, -0.05) is 155 Å².